The SMILES string of the molecule is CCC1CCCCCN1CC1(C=O)CCOCC1. The number of carbonyl (C=O) groups excluding carboxylic acids is 1. The summed E-state index contributed by atoms with van der Waals surface area (Å²) in [5.41, 5.74) is -0.129. The molecule has 1 unspecified atom stereocenters. The minimum absolute atomic E-state index is 0.129. The summed E-state index contributed by atoms with van der Waals surface area (Å²) in [6, 6.07) is 0.687. The van der Waals surface area contributed by atoms with E-state index in [0.29, 0.717) is 6.04 Å². The van der Waals surface area contributed by atoms with Crippen molar-refractivity contribution in [1.82, 2.24) is 4.90 Å². The molecule has 0 radical (unpaired) electrons. The second-order valence-corrected chi connectivity index (χ2v) is 5.97. The van der Waals surface area contributed by atoms with Gasteiger partial charge in [0, 0.05) is 31.2 Å². The third kappa shape index (κ3) is 3.33. The van der Waals surface area contributed by atoms with Crippen molar-refractivity contribution in [2.75, 3.05) is 26.3 Å². The largest absolute Gasteiger partial charge is 0.381 e. The molecule has 104 valence electrons. The fourth-order valence-corrected chi connectivity index (χ4v) is 3.40. The summed E-state index contributed by atoms with van der Waals surface area (Å²) in [7, 11) is 0. The van der Waals surface area contributed by atoms with Gasteiger partial charge in [0.2, 0.25) is 0 Å². The van der Waals surface area contributed by atoms with E-state index in [0.717, 1.165) is 32.6 Å². The molecular weight excluding hydrogens is 226 g/mol. The fraction of sp³-hybridized carbons (Fsp3) is 0.933. The van der Waals surface area contributed by atoms with Crippen LogP contribution in [0.25, 0.3) is 0 Å². The fourth-order valence-electron chi connectivity index (χ4n) is 3.40. The molecule has 2 rings (SSSR count). The molecule has 2 aliphatic heterocycles. The van der Waals surface area contributed by atoms with E-state index in [1.165, 1.54) is 44.9 Å². The highest BCUT2D eigenvalue weighted by Crippen LogP contribution is 2.31. The first kappa shape index (κ1) is 14.0. The Labute approximate surface area is 111 Å². The predicted molar refractivity (Wildman–Crippen MR) is 72.7 cm³/mol. The Hall–Kier alpha value is -0.410. The summed E-state index contributed by atoms with van der Waals surface area (Å²) >= 11 is 0. The monoisotopic (exact) mass is 253 g/mol. The van der Waals surface area contributed by atoms with Gasteiger partial charge in [0.15, 0.2) is 0 Å². The van der Waals surface area contributed by atoms with Gasteiger partial charge in [0.05, 0.1) is 0 Å². The quantitative estimate of drug-likeness (QED) is 0.721. The van der Waals surface area contributed by atoms with Crippen LogP contribution in [0.4, 0.5) is 0 Å². The first-order chi connectivity index (χ1) is 8.79. The van der Waals surface area contributed by atoms with E-state index in [2.05, 4.69) is 11.8 Å². The van der Waals surface area contributed by atoms with Gasteiger partial charge in [0.25, 0.3) is 0 Å². The van der Waals surface area contributed by atoms with Gasteiger partial charge in [-0.15, -0.1) is 0 Å². The van der Waals surface area contributed by atoms with Gasteiger partial charge in [-0.3, -0.25) is 4.90 Å². The highest BCUT2D eigenvalue weighted by Gasteiger charge is 2.36. The molecule has 0 bridgehead atoms. The standard InChI is InChI=1S/C15H27NO2/c1-2-14-6-4-3-5-9-16(14)12-15(13-17)7-10-18-11-8-15/h13-14H,2-12H2,1H3. The van der Waals surface area contributed by atoms with E-state index in [9.17, 15) is 4.79 Å². The summed E-state index contributed by atoms with van der Waals surface area (Å²) in [4.78, 5) is 14.1. The third-order valence-electron chi connectivity index (χ3n) is 4.73. The van der Waals surface area contributed by atoms with Crippen LogP contribution in [-0.4, -0.2) is 43.5 Å². The van der Waals surface area contributed by atoms with E-state index < -0.39 is 0 Å². The summed E-state index contributed by atoms with van der Waals surface area (Å²) in [6.07, 6.45) is 9.55. The molecule has 2 aliphatic rings. The Kier molecular flexibility index (Phi) is 5.19. The smallest absolute Gasteiger partial charge is 0.127 e. The van der Waals surface area contributed by atoms with E-state index in [4.69, 9.17) is 4.74 Å². The number of aldehydes is 1. The first-order valence-corrected chi connectivity index (χ1v) is 7.58. The van der Waals surface area contributed by atoms with Gasteiger partial charge >= 0.3 is 0 Å². The van der Waals surface area contributed by atoms with Crippen molar-refractivity contribution < 1.29 is 9.53 Å². The van der Waals surface area contributed by atoms with Crippen molar-refractivity contribution in [1.29, 1.82) is 0 Å². The zero-order chi connectivity index (χ0) is 12.8. The van der Waals surface area contributed by atoms with E-state index in [-0.39, 0.29) is 5.41 Å². The van der Waals surface area contributed by atoms with E-state index in [1.807, 2.05) is 0 Å². The van der Waals surface area contributed by atoms with Crippen LogP contribution in [0, 0.1) is 5.41 Å². The lowest BCUT2D eigenvalue weighted by atomic mass is 9.80. The normalized spacial score (nSPS) is 29.7. The molecule has 3 nitrogen and oxygen atoms in total. The van der Waals surface area contributed by atoms with Gasteiger partial charge in [-0.2, -0.15) is 0 Å². The molecule has 0 aromatic carbocycles. The number of hydrogen-bond acceptors (Lipinski definition) is 3. The molecule has 3 heteroatoms. The Morgan fingerprint density at radius 1 is 1.28 bits per heavy atom. The lowest BCUT2D eigenvalue weighted by molar-refractivity contribution is -0.123. The molecular formula is C15H27NO2. The predicted octanol–water partition coefficient (Wildman–Crippen LogP) is 2.64. The van der Waals surface area contributed by atoms with E-state index >= 15 is 0 Å². The molecule has 0 N–H and O–H groups in total. The maximum Gasteiger partial charge on any atom is 0.127 e. The van der Waals surface area contributed by atoms with Crippen LogP contribution in [0.15, 0.2) is 0 Å². The maximum absolute atomic E-state index is 11.6. The molecule has 0 saturated carbocycles. The Balaban J connectivity index is 2.01. The second-order valence-electron chi connectivity index (χ2n) is 5.97. The van der Waals surface area contributed by atoms with Gasteiger partial charge in [-0.05, 0) is 38.6 Å². The molecule has 0 amide bonds. The van der Waals surface area contributed by atoms with Crippen molar-refractivity contribution >= 4 is 6.29 Å². The highest BCUT2D eigenvalue weighted by molar-refractivity contribution is 5.60. The Morgan fingerprint density at radius 3 is 2.72 bits per heavy atom. The molecule has 2 saturated heterocycles. The van der Waals surface area contributed by atoms with E-state index in [1.54, 1.807) is 0 Å². The first-order valence-electron chi connectivity index (χ1n) is 7.58. The molecule has 1 atom stereocenters. The van der Waals surface area contributed by atoms with Gasteiger partial charge in [-0.1, -0.05) is 19.8 Å². The zero-order valence-corrected chi connectivity index (χ0v) is 11.7. The Bertz CT molecular complexity index is 261. The van der Waals surface area contributed by atoms with Crippen LogP contribution < -0.4 is 0 Å². The summed E-state index contributed by atoms with van der Waals surface area (Å²) in [5, 5.41) is 0. The zero-order valence-electron chi connectivity index (χ0n) is 11.7. The highest BCUT2D eigenvalue weighted by atomic mass is 16.5. The minimum Gasteiger partial charge on any atom is -0.381 e. The molecule has 2 heterocycles. The Morgan fingerprint density at radius 2 is 2.06 bits per heavy atom. The molecule has 0 aromatic heterocycles. The average Bonchev–Trinajstić information content (AvgIpc) is 2.65. The number of nitrogens with zero attached hydrogens (tertiary/aromatic N) is 1. The van der Waals surface area contributed by atoms with Crippen LogP contribution in [0.5, 0.6) is 0 Å². The van der Waals surface area contributed by atoms with Crippen LogP contribution in [0.1, 0.15) is 51.9 Å². The molecule has 2 fully saturated rings. The average molecular weight is 253 g/mol. The van der Waals surface area contributed by atoms with Gasteiger partial charge in [-0.25, -0.2) is 0 Å². The summed E-state index contributed by atoms with van der Waals surface area (Å²) < 4.78 is 5.42. The van der Waals surface area contributed by atoms with Gasteiger partial charge < -0.3 is 9.53 Å². The van der Waals surface area contributed by atoms with Crippen LogP contribution in [-0.2, 0) is 9.53 Å². The summed E-state index contributed by atoms with van der Waals surface area (Å²) in [5.74, 6) is 0. The second kappa shape index (κ2) is 6.67. The molecule has 18 heavy (non-hydrogen) atoms. The number of rotatable bonds is 4. The lowest BCUT2D eigenvalue weighted by Crippen LogP contribution is -2.46. The molecule has 0 spiro atoms. The van der Waals surface area contributed by atoms with Crippen molar-refractivity contribution in [3.8, 4) is 0 Å². The van der Waals surface area contributed by atoms with Crippen LogP contribution in [0.3, 0.4) is 0 Å². The number of likely N-dealkylation sites (tertiary alicyclic amines) is 1. The van der Waals surface area contributed by atoms with Crippen molar-refractivity contribution in [2.45, 2.75) is 57.9 Å². The van der Waals surface area contributed by atoms with Crippen molar-refractivity contribution in [3.63, 3.8) is 0 Å². The maximum atomic E-state index is 11.6. The van der Waals surface area contributed by atoms with Crippen molar-refractivity contribution in [3.05, 3.63) is 0 Å². The number of ether oxygens (including phenoxy) is 1. The molecule has 0 aromatic rings. The van der Waals surface area contributed by atoms with Crippen LogP contribution in [0.2, 0.25) is 0 Å². The molecule has 0 aliphatic carbocycles. The van der Waals surface area contributed by atoms with Crippen LogP contribution >= 0.6 is 0 Å². The van der Waals surface area contributed by atoms with Crippen molar-refractivity contribution in [2.24, 2.45) is 5.41 Å². The summed E-state index contributed by atoms with van der Waals surface area (Å²) in [6.45, 7) is 5.92. The minimum atomic E-state index is -0.129. The number of carbonyl (C=O) groups is 1. The van der Waals surface area contributed by atoms with Gasteiger partial charge in [0.1, 0.15) is 6.29 Å². The topological polar surface area (TPSA) is 29.5 Å². The lowest BCUT2D eigenvalue weighted by Gasteiger charge is -2.39. The number of hydrogen-bond donors (Lipinski definition) is 0. The third-order valence-corrected chi connectivity index (χ3v) is 4.73.